The molecule has 1 heterocycles. The summed E-state index contributed by atoms with van der Waals surface area (Å²) < 4.78 is 0. The van der Waals surface area contributed by atoms with Gasteiger partial charge in [-0.2, -0.15) is 0 Å². The molecule has 0 atom stereocenters. The molecule has 3 heteroatoms. The van der Waals surface area contributed by atoms with Crippen molar-refractivity contribution in [2.24, 2.45) is 0 Å². The van der Waals surface area contributed by atoms with Crippen LogP contribution in [-0.2, 0) is 0 Å². The molecule has 1 aromatic heterocycles. The van der Waals surface area contributed by atoms with Gasteiger partial charge in [0.2, 0.25) is 0 Å². The van der Waals surface area contributed by atoms with Crippen molar-refractivity contribution in [3.05, 3.63) is 40.6 Å². The van der Waals surface area contributed by atoms with Crippen molar-refractivity contribution < 1.29 is 0 Å². The van der Waals surface area contributed by atoms with Gasteiger partial charge in [0.25, 0.3) is 0 Å². The van der Waals surface area contributed by atoms with Gasteiger partial charge in [0.15, 0.2) is 5.43 Å². The van der Waals surface area contributed by atoms with Gasteiger partial charge in [0.05, 0.1) is 10.5 Å². The molecule has 0 fully saturated rings. The van der Waals surface area contributed by atoms with Gasteiger partial charge in [-0.3, -0.25) is 4.79 Å². The van der Waals surface area contributed by atoms with Crippen molar-refractivity contribution in [3.63, 3.8) is 0 Å². The second kappa shape index (κ2) is 3.26. The molecule has 2 aromatic rings. The highest BCUT2D eigenvalue weighted by Gasteiger charge is 1.98. The van der Waals surface area contributed by atoms with E-state index in [1.165, 1.54) is 0 Å². The van der Waals surface area contributed by atoms with Crippen LogP contribution in [0.15, 0.2) is 40.2 Å². The molecule has 1 aromatic carbocycles. The first-order valence-corrected chi connectivity index (χ1v) is 5.20. The van der Waals surface area contributed by atoms with Gasteiger partial charge in [-0.25, -0.2) is 0 Å². The highest BCUT2D eigenvalue weighted by Crippen LogP contribution is 2.13. The number of rotatable bonds is 1. The molecule has 0 unspecified atom stereocenters. The zero-order valence-corrected chi connectivity index (χ0v) is 8.02. The van der Waals surface area contributed by atoms with Crippen LogP contribution < -0.4 is 5.43 Å². The van der Waals surface area contributed by atoms with E-state index in [2.05, 4.69) is 4.98 Å². The van der Waals surface area contributed by atoms with Gasteiger partial charge in [-0.15, -0.1) is 11.8 Å². The number of para-hydroxylation sites is 1. The summed E-state index contributed by atoms with van der Waals surface area (Å²) in [6, 6.07) is 9.17. The van der Waals surface area contributed by atoms with Crippen LogP contribution in [0.4, 0.5) is 0 Å². The number of fused-ring (bicyclic) bond motifs is 1. The number of hydrogen-bond donors (Lipinski definition) is 1. The monoisotopic (exact) mass is 191 g/mol. The number of H-pyrrole nitrogens is 1. The third-order valence-corrected chi connectivity index (χ3v) is 2.59. The van der Waals surface area contributed by atoms with Crippen molar-refractivity contribution in [3.8, 4) is 0 Å². The second-order valence-corrected chi connectivity index (χ2v) is 3.60. The van der Waals surface area contributed by atoms with E-state index in [0.717, 1.165) is 15.9 Å². The fourth-order valence-corrected chi connectivity index (χ4v) is 1.72. The Hall–Kier alpha value is -1.22. The van der Waals surface area contributed by atoms with E-state index < -0.39 is 0 Å². The van der Waals surface area contributed by atoms with Gasteiger partial charge < -0.3 is 4.98 Å². The largest absolute Gasteiger partial charge is 0.350 e. The summed E-state index contributed by atoms with van der Waals surface area (Å²) in [7, 11) is 0. The second-order valence-electron chi connectivity index (χ2n) is 2.75. The molecule has 66 valence electrons. The molecule has 13 heavy (non-hydrogen) atoms. The SMILES string of the molecule is CSc1cc(=O)c2ccccc2[nH]1. The molecule has 0 aliphatic rings. The Kier molecular flexibility index (Phi) is 2.10. The summed E-state index contributed by atoms with van der Waals surface area (Å²) in [6.45, 7) is 0. The van der Waals surface area contributed by atoms with Crippen LogP contribution in [0.5, 0.6) is 0 Å². The highest BCUT2D eigenvalue weighted by atomic mass is 32.2. The van der Waals surface area contributed by atoms with Crippen LogP contribution in [0.25, 0.3) is 10.9 Å². The number of thioether (sulfide) groups is 1. The maximum absolute atomic E-state index is 11.5. The quantitative estimate of drug-likeness (QED) is 0.701. The lowest BCUT2D eigenvalue weighted by atomic mass is 10.2. The number of pyridine rings is 1. The van der Waals surface area contributed by atoms with Crippen molar-refractivity contribution >= 4 is 22.7 Å². The predicted octanol–water partition coefficient (Wildman–Crippen LogP) is 2.25. The van der Waals surface area contributed by atoms with E-state index in [1.54, 1.807) is 17.8 Å². The number of nitrogens with one attached hydrogen (secondary N) is 1. The van der Waals surface area contributed by atoms with Crippen LogP contribution in [0.3, 0.4) is 0 Å². The standard InChI is InChI=1S/C10H9NOS/c1-13-10-6-9(12)7-4-2-3-5-8(7)11-10/h2-6H,1H3,(H,11,12). The summed E-state index contributed by atoms with van der Waals surface area (Å²) in [6.07, 6.45) is 1.94. The zero-order chi connectivity index (χ0) is 9.26. The summed E-state index contributed by atoms with van der Waals surface area (Å²) in [4.78, 5) is 14.7. The molecule has 0 amide bonds. The lowest BCUT2D eigenvalue weighted by Crippen LogP contribution is -2.01. The third-order valence-electron chi connectivity index (χ3n) is 1.93. The molecule has 0 radical (unpaired) electrons. The Labute approximate surface area is 80.0 Å². The first kappa shape index (κ1) is 8.38. The minimum absolute atomic E-state index is 0.0821. The number of aromatic nitrogens is 1. The van der Waals surface area contributed by atoms with Crippen LogP contribution >= 0.6 is 11.8 Å². The summed E-state index contributed by atoms with van der Waals surface area (Å²) in [5.74, 6) is 0. The molecule has 0 bridgehead atoms. The van der Waals surface area contributed by atoms with Gasteiger partial charge in [0.1, 0.15) is 0 Å². The van der Waals surface area contributed by atoms with Gasteiger partial charge in [0, 0.05) is 11.5 Å². The van der Waals surface area contributed by atoms with Gasteiger partial charge >= 0.3 is 0 Å². The molecule has 0 aliphatic carbocycles. The lowest BCUT2D eigenvalue weighted by molar-refractivity contribution is 1.18. The van der Waals surface area contributed by atoms with Crippen molar-refractivity contribution in [1.82, 2.24) is 4.98 Å². The third kappa shape index (κ3) is 1.47. The fraction of sp³-hybridized carbons (Fsp3) is 0.100. The highest BCUT2D eigenvalue weighted by molar-refractivity contribution is 7.98. The molecule has 0 spiro atoms. The topological polar surface area (TPSA) is 32.9 Å². The van der Waals surface area contributed by atoms with Crippen LogP contribution in [-0.4, -0.2) is 11.2 Å². The fourth-order valence-electron chi connectivity index (χ4n) is 1.28. The normalized spacial score (nSPS) is 10.5. The zero-order valence-electron chi connectivity index (χ0n) is 7.20. The van der Waals surface area contributed by atoms with Gasteiger partial charge in [-0.05, 0) is 18.4 Å². The number of benzene rings is 1. The molecule has 1 N–H and O–H groups in total. The summed E-state index contributed by atoms with van der Waals surface area (Å²) in [5, 5.41) is 1.66. The van der Waals surface area contributed by atoms with Crippen LogP contribution in [0, 0.1) is 0 Å². The molecule has 0 saturated carbocycles. The first-order chi connectivity index (χ1) is 6.31. The Morgan fingerprint density at radius 2 is 2.08 bits per heavy atom. The maximum atomic E-state index is 11.5. The molecular formula is C10H9NOS. The lowest BCUT2D eigenvalue weighted by Gasteiger charge is -1.99. The molecule has 0 aliphatic heterocycles. The molecular weight excluding hydrogens is 182 g/mol. The number of aromatic amines is 1. The first-order valence-electron chi connectivity index (χ1n) is 3.97. The van der Waals surface area contributed by atoms with Crippen molar-refractivity contribution in [2.75, 3.05) is 6.26 Å². The van der Waals surface area contributed by atoms with E-state index in [9.17, 15) is 4.79 Å². The van der Waals surface area contributed by atoms with E-state index in [0.29, 0.717) is 0 Å². The Balaban J connectivity index is 2.85. The van der Waals surface area contributed by atoms with E-state index in [-0.39, 0.29) is 5.43 Å². The minimum Gasteiger partial charge on any atom is -0.350 e. The predicted molar refractivity (Wildman–Crippen MR) is 56.3 cm³/mol. The Bertz CT molecular complexity index is 489. The van der Waals surface area contributed by atoms with Gasteiger partial charge in [-0.1, -0.05) is 12.1 Å². The molecule has 0 saturated heterocycles. The van der Waals surface area contributed by atoms with E-state index in [1.807, 2.05) is 30.5 Å². The average Bonchev–Trinajstić information content (AvgIpc) is 2.18. The van der Waals surface area contributed by atoms with Crippen molar-refractivity contribution in [2.45, 2.75) is 5.03 Å². The van der Waals surface area contributed by atoms with Crippen molar-refractivity contribution in [1.29, 1.82) is 0 Å². The van der Waals surface area contributed by atoms with E-state index >= 15 is 0 Å². The summed E-state index contributed by atoms with van der Waals surface area (Å²) >= 11 is 1.54. The summed E-state index contributed by atoms with van der Waals surface area (Å²) in [5.41, 5.74) is 0.984. The average molecular weight is 191 g/mol. The van der Waals surface area contributed by atoms with Crippen LogP contribution in [0.2, 0.25) is 0 Å². The Morgan fingerprint density at radius 3 is 2.85 bits per heavy atom. The minimum atomic E-state index is 0.0821. The number of hydrogen-bond acceptors (Lipinski definition) is 2. The molecule has 2 nitrogen and oxygen atoms in total. The Morgan fingerprint density at radius 1 is 1.31 bits per heavy atom. The smallest absolute Gasteiger partial charge is 0.190 e. The molecule has 2 rings (SSSR count). The van der Waals surface area contributed by atoms with E-state index in [4.69, 9.17) is 0 Å². The maximum Gasteiger partial charge on any atom is 0.190 e. The van der Waals surface area contributed by atoms with Crippen LogP contribution in [0.1, 0.15) is 0 Å².